The number of rotatable bonds is 6. The van der Waals surface area contributed by atoms with Gasteiger partial charge in [-0.3, -0.25) is 4.79 Å². The summed E-state index contributed by atoms with van der Waals surface area (Å²) < 4.78 is 5.33. The molecule has 1 amide bonds. The zero-order chi connectivity index (χ0) is 12.5. The topological polar surface area (TPSA) is 38.3 Å². The van der Waals surface area contributed by atoms with Gasteiger partial charge in [0.25, 0.3) is 0 Å². The van der Waals surface area contributed by atoms with E-state index in [1.807, 2.05) is 31.2 Å². The Labute approximate surface area is 102 Å². The minimum Gasteiger partial charge on any atom is -0.494 e. The molecule has 0 bridgehead atoms. The Morgan fingerprint density at radius 3 is 2.71 bits per heavy atom. The van der Waals surface area contributed by atoms with E-state index in [9.17, 15) is 4.79 Å². The Kier molecular flexibility index (Phi) is 5.58. The highest BCUT2D eigenvalue weighted by Gasteiger charge is 1.94. The largest absolute Gasteiger partial charge is 0.494 e. The first kappa shape index (κ1) is 13.0. The van der Waals surface area contributed by atoms with E-state index in [4.69, 9.17) is 4.74 Å². The normalized spacial score (nSPS) is 10.2. The maximum absolute atomic E-state index is 11.3. The van der Waals surface area contributed by atoms with Gasteiger partial charge >= 0.3 is 0 Å². The fourth-order valence-corrected chi connectivity index (χ4v) is 1.25. The van der Waals surface area contributed by atoms with E-state index in [0.29, 0.717) is 13.2 Å². The lowest BCUT2D eigenvalue weighted by Gasteiger charge is -2.02. The molecule has 1 aromatic rings. The first-order chi connectivity index (χ1) is 8.26. The molecular formula is C14H17NO2. The first-order valence-corrected chi connectivity index (χ1v) is 5.56. The number of hydrogen-bond donors (Lipinski definition) is 1. The smallest absolute Gasteiger partial charge is 0.244 e. The van der Waals surface area contributed by atoms with Crippen LogP contribution >= 0.6 is 0 Å². The standard InChI is InChI=1S/C14H17NO2/c1-3-11-15-14(16)10-7-12-5-8-13(9-6-12)17-4-2/h3,5-10H,1,4,11H2,2H3,(H,15,16)/b10-7-. The zero-order valence-corrected chi connectivity index (χ0v) is 9.98. The molecule has 0 heterocycles. The van der Waals surface area contributed by atoms with Gasteiger partial charge in [-0.2, -0.15) is 0 Å². The van der Waals surface area contributed by atoms with Gasteiger partial charge in [0.05, 0.1) is 6.61 Å². The van der Waals surface area contributed by atoms with Crippen LogP contribution in [0.3, 0.4) is 0 Å². The van der Waals surface area contributed by atoms with Crippen LogP contribution in [0.4, 0.5) is 0 Å². The fraction of sp³-hybridized carbons (Fsp3) is 0.214. The van der Waals surface area contributed by atoms with Crippen molar-refractivity contribution in [3.05, 3.63) is 48.6 Å². The van der Waals surface area contributed by atoms with Gasteiger partial charge in [-0.25, -0.2) is 0 Å². The van der Waals surface area contributed by atoms with Gasteiger partial charge in [0, 0.05) is 12.6 Å². The number of carbonyl (C=O) groups excluding carboxylic acids is 1. The van der Waals surface area contributed by atoms with Crippen LogP contribution in [0.2, 0.25) is 0 Å². The Morgan fingerprint density at radius 1 is 1.41 bits per heavy atom. The van der Waals surface area contributed by atoms with Crippen molar-refractivity contribution < 1.29 is 9.53 Å². The van der Waals surface area contributed by atoms with E-state index in [2.05, 4.69) is 11.9 Å². The first-order valence-electron chi connectivity index (χ1n) is 5.56. The molecule has 0 saturated carbocycles. The van der Waals surface area contributed by atoms with Crippen molar-refractivity contribution in [2.75, 3.05) is 13.2 Å². The molecule has 0 aliphatic carbocycles. The number of amides is 1. The molecule has 0 radical (unpaired) electrons. The maximum atomic E-state index is 11.3. The Balaban J connectivity index is 2.53. The van der Waals surface area contributed by atoms with Gasteiger partial charge in [-0.1, -0.05) is 18.2 Å². The number of benzene rings is 1. The van der Waals surface area contributed by atoms with Gasteiger partial charge in [0.1, 0.15) is 5.75 Å². The monoisotopic (exact) mass is 231 g/mol. The summed E-state index contributed by atoms with van der Waals surface area (Å²) in [4.78, 5) is 11.3. The molecule has 0 aliphatic rings. The number of ether oxygens (including phenoxy) is 1. The quantitative estimate of drug-likeness (QED) is 0.603. The molecule has 0 aliphatic heterocycles. The minimum absolute atomic E-state index is 0.126. The van der Waals surface area contributed by atoms with E-state index < -0.39 is 0 Å². The van der Waals surface area contributed by atoms with Crippen LogP contribution < -0.4 is 10.1 Å². The van der Waals surface area contributed by atoms with E-state index in [1.165, 1.54) is 6.08 Å². The average Bonchev–Trinajstić information content (AvgIpc) is 2.36. The molecule has 90 valence electrons. The molecule has 1 rings (SSSR count). The van der Waals surface area contributed by atoms with Crippen molar-refractivity contribution in [3.8, 4) is 5.75 Å². The summed E-state index contributed by atoms with van der Waals surface area (Å²) in [5.74, 6) is 0.708. The lowest BCUT2D eigenvalue weighted by molar-refractivity contribution is -0.116. The van der Waals surface area contributed by atoms with Crippen LogP contribution in [0.5, 0.6) is 5.75 Å². The van der Waals surface area contributed by atoms with Crippen LogP contribution in [-0.2, 0) is 4.79 Å². The summed E-state index contributed by atoms with van der Waals surface area (Å²) in [6, 6.07) is 7.57. The van der Waals surface area contributed by atoms with Crippen molar-refractivity contribution in [1.29, 1.82) is 0 Å². The molecule has 0 fully saturated rings. The van der Waals surface area contributed by atoms with Crippen molar-refractivity contribution in [2.45, 2.75) is 6.92 Å². The second-order valence-corrected chi connectivity index (χ2v) is 3.37. The zero-order valence-electron chi connectivity index (χ0n) is 9.98. The van der Waals surface area contributed by atoms with Crippen LogP contribution in [0, 0.1) is 0 Å². The van der Waals surface area contributed by atoms with Gasteiger partial charge in [0.15, 0.2) is 0 Å². The van der Waals surface area contributed by atoms with Crippen LogP contribution in [0.15, 0.2) is 43.0 Å². The third-order valence-electron chi connectivity index (χ3n) is 2.04. The number of nitrogens with one attached hydrogen (secondary N) is 1. The molecule has 3 nitrogen and oxygen atoms in total. The van der Waals surface area contributed by atoms with E-state index in [1.54, 1.807) is 12.2 Å². The third-order valence-corrected chi connectivity index (χ3v) is 2.04. The van der Waals surface area contributed by atoms with E-state index in [0.717, 1.165) is 11.3 Å². The average molecular weight is 231 g/mol. The summed E-state index contributed by atoms with van der Waals surface area (Å²) >= 11 is 0. The lowest BCUT2D eigenvalue weighted by atomic mass is 10.2. The maximum Gasteiger partial charge on any atom is 0.244 e. The lowest BCUT2D eigenvalue weighted by Crippen LogP contribution is -2.20. The highest BCUT2D eigenvalue weighted by Crippen LogP contribution is 2.12. The van der Waals surface area contributed by atoms with Gasteiger partial charge in [-0.15, -0.1) is 6.58 Å². The fourth-order valence-electron chi connectivity index (χ4n) is 1.25. The minimum atomic E-state index is -0.126. The molecular weight excluding hydrogens is 214 g/mol. The molecule has 0 atom stereocenters. The Hall–Kier alpha value is -2.03. The molecule has 1 aromatic carbocycles. The summed E-state index contributed by atoms with van der Waals surface area (Å²) in [5, 5.41) is 2.67. The highest BCUT2D eigenvalue weighted by atomic mass is 16.5. The summed E-state index contributed by atoms with van der Waals surface area (Å²) in [6.45, 7) is 6.60. The molecule has 0 unspecified atom stereocenters. The highest BCUT2D eigenvalue weighted by molar-refractivity contribution is 5.91. The second-order valence-electron chi connectivity index (χ2n) is 3.37. The third kappa shape index (κ3) is 5.02. The van der Waals surface area contributed by atoms with Crippen molar-refractivity contribution >= 4 is 12.0 Å². The van der Waals surface area contributed by atoms with Crippen molar-refractivity contribution in [2.24, 2.45) is 0 Å². The van der Waals surface area contributed by atoms with Crippen LogP contribution in [0.1, 0.15) is 12.5 Å². The molecule has 1 N–H and O–H groups in total. The number of hydrogen-bond acceptors (Lipinski definition) is 2. The van der Waals surface area contributed by atoms with Crippen molar-refractivity contribution in [1.82, 2.24) is 5.32 Å². The molecule has 0 spiro atoms. The molecule has 0 saturated heterocycles. The molecule has 3 heteroatoms. The van der Waals surface area contributed by atoms with Crippen LogP contribution in [-0.4, -0.2) is 19.1 Å². The van der Waals surface area contributed by atoms with Crippen molar-refractivity contribution in [3.63, 3.8) is 0 Å². The van der Waals surface area contributed by atoms with Gasteiger partial charge < -0.3 is 10.1 Å². The summed E-state index contributed by atoms with van der Waals surface area (Å²) in [7, 11) is 0. The van der Waals surface area contributed by atoms with Gasteiger partial charge in [-0.05, 0) is 30.7 Å². The van der Waals surface area contributed by atoms with E-state index >= 15 is 0 Å². The summed E-state index contributed by atoms with van der Waals surface area (Å²) in [6.07, 6.45) is 4.90. The predicted octanol–water partition coefficient (Wildman–Crippen LogP) is 2.40. The molecule has 0 aromatic heterocycles. The predicted molar refractivity (Wildman–Crippen MR) is 69.9 cm³/mol. The van der Waals surface area contributed by atoms with E-state index in [-0.39, 0.29) is 5.91 Å². The molecule has 17 heavy (non-hydrogen) atoms. The van der Waals surface area contributed by atoms with Gasteiger partial charge in [0.2, 0.25) is 5.91 Å². The second kappa shape index (κ2) is 7.28. The summed E-state index contributed by atoms with van der Waals surface area (Å²) in [5.41, 5.74) is 0.960. The Morgan fingerprint density at radius 2 is 2.12 bits per heavy atom. The Bertz CT molecular complexity index is 393. The van der Waals surface area contributed by atoms with Crippen LogP contribution in [0.25, 0.3) is 6.08 Å². The number of carbonyl (C=O) groups is 1. The SMILES string of the molecule is C=CCNC(=O)/C=C\c1ccc(OCC)cc1.